The Morgan fingerprint density at radius 1 is 1.42 bits per heavy atom. The first-order chi connectivity index (χ1) is 5.77. The summed E-state index contributed by atoms with van der Waals surface area (Å²) in [6.07, 6.45) is 2.63. The van der Waals surface area contributed by atoms with Gasteiger partial charge in [-0.3, -0.25) is 4.99 Å². The minimum Gasteiger partial charge on any atom is -0.292 e. The minimum atomic E-state index is -0.184. The number of benzene rings is 1. The Morgan fingerprint density at radius 3 is 3.08 bits per heavy atom. The third-order valence-corrected chi connectivity index (χ3v) is 2.57. The summed E-state index contributed by atoms with van der Waals surface area (Å²) in [7, 11) is 0. The highest BCUT2D eigenvalue weighted by molar-refractivity contribution is 9.10. The molecule has 0 spiro atoms. The predicted molar refractivity (Wildman–Crippen MR) is 50.3 cm³/mol. The van der Waals surface area contributed by atoms with Crippen LogP contribution < -0.4 is 0 Å². The summed E-state index contributed by atoms with van der Waals surface area (Å²) in [6, 6.07) is 3.04. The van der Waals surface area contributed by atoms with Crippen molar-refractivity contribution >= 4 is 22.1 Å². The van der Waals surface area contributed by atoms with Gasteiger partial charge in [-0.15, -0.1) is 0 Å². The fourth-order valence-electron chi connectivity index (χ4n) is 1.33. The first-order valence-corrected chi connectivity index (χ1v) is 4.54. The number of hydrogen-bond acceptors (Lipinski definition) is 1. The van der Waals surface area contributed by atoms with Gasteiger partial charge in [-0.05, 0) is 24.1 Å². The second kappa shape index (κ2) is 2.98. The number of halogens is 2. The molecule has 0 N–H and O–H groups in total. The summed E-state index contributed by atoms with van der Waals surface area (Å²) in [5.74, 6) is -0.184. The molecule has 0 amide bonds. The van der Waals surface area contributed by atoms with Crippen LogP contribution in [0.15, 0.2) is 21.6 Å². The molecule has 12 heavy (non-hydrogen) atoms. The maximum atomic E-state index is 12.9. The molecule has 0 atom stereocenters. The quantitative estimate of drug-likeness (QED) is 0.647. The van der Waals surface area contributed by atoms with E-state index >= 15 is 0 Å². The van der Waals surface area contributed by atoms with Gasteiger partial charge in [-0.1, -0.05) is 15.9 Å². The summed E-state index contributed by atoms with van der Waals surface area (Å²) in [5.41, 5.74) is 2.06. The van der Waals surface area contributed by atoms with E-state index in [4.69, 9.17) is 0 Å². The Morgan fingerprint density at radius 2 is 2.25 bits per heavy atom. The number of rotatable bonds is 0. The second-order valence-electron chi connectivity index (χ2n) is 2.75. The lowest BCUT2D eigenvalue weighted by Gasteiger charge is -2.10. The maximum Gasteiger partial charge on any atom is 0.124 e. The van der Waals surface area contributed by atoms with Crippen molar-refractivity contribution < 1.29 is 4.39 Å². The van der Waals surface area contributed by atoms with Crippen molar-refractivity contribution in [1.82, 2.24) is 0 Å². The fourth-order valence-corrected chi connectivity index (χ4v) is 1.91. The van der Waals surface area contributed by atoms with E-state index in [0.29, 0.717) is 0 Å². The van der Waals surface area contributed by atoms with Gasteiger partial charge in [0.1, 0.15) is 5.82 Å². The molecule has 0 fully saturated rings. The standard InChI is InChI=1S/C9H7BrFN/c10-9-4-7(11)3-6-1-2-12-5-8(6)9/h3-5H,1-2H2. The SMILES string of the molecule is Fc1cc(Br)c2c(c1)CCN=C2. The molecular formula is C9H7BrFN. The molecular weight excluding hydrogens is 221 g/mol. The molecule has 1 aliphatic rings. The van der Waals surface area contributed by atoms with E-state index in [9.17, 15) is 4.39 Å². The van der Waals surface area contributed by atoms with Gasteiger partial charge in [-0.2, -0.15) is 0 Å². The summed E-state index contributed by atoms with van der Waals surface area (Å²) >= 11 is 3.30. The Bertz CT molecular complexity index is 347. The monoisotopic (exact) mass is 227 g/mol. The Hall–Kier alpha value is -0.700. The van der Waals surface area contributed by atoms with Gasteiger partial charge in [0, 0.05) is 22.8 Å². The van der Waals surface area contributed by atoms with Crippen LogP contribution in [0.1, 0.15) is 11.1 Å². The normalized spacial score (nSPS) is 14.5. The molecule has 1 aromatic carbocycles. The van der Waals surface area contributed by atoms with Gasteiger partial charge in [0.15, 0.2) is 0 Å². The third kappa shape index (κ3) is 1.29. The van der Waals surface area contributed by atoms with Gasteiger partial charge in [0.2, 0.25) is 0 Å². The zero-order valence-electron chi connectivity index (χ0n) is 6.35. The van der Waals surface area contributed by atoms with Crippen molar-refractivity contribution in [2.45, 2.75) is 6.42 Å². The van der Waals surface area contributed by atoms with Crippen LogP contribution in [0.3, 0.4) is 0 Å². The van der Waals surface area contributed by atoms with Crippen LogP contribution in [0, 0.1) is 5.82 Å². The molecule has 1 aliphatic heterocycles. The molecule has 0 saturated heterocycles. The first-order valence-electron chi connectivity index (χ1n) is 3.75. The smallest absolute Gasteiger partial charge is 0.124 e. The van der Waals surface area contributed by atoms with Crippen molar-refractivity contribution in [3.8, 4) is 0 Å². The summed E-state index contributed by atoms with van der Waals surface area (Å²) in [4.78, 5) is 4.13. The molecule has 0 unspecified atom stereocenters. The molecule has 0 saturated carbocycles. The van der Waals surface area contributed by atoms with Gasteiger partial charge >= 0.3 is 0 Å². The number of fused-ring (bicyclic) bond motifs is 1. The highest BCUT2D eigenvalue weighted by Crippen LogP contribution is 2.23. The Labute approximate surface area is 78.4 Å². The third-order valence-electron chi connectivity index (χ3n) is 1.91. The molecule has 1 aromatic rings. The van der Waals surface area contributed by atoms with Gasteiger partial charge in [0.25, 0.3) is 0 Å². The summed E-state index contributed by atoms with van der Waals surface area (Å²) in [6.45, 7) is 0.767. The minimum absolute atomic E-state index is 0.184. The average Bonchev–Trinajstić information content (AvgIpc) is 2.04. The highest BCUT2D eigenvalue weighted by atomic mass is 79.9. The molecule has 1 heterocycles. The van der Waals surface area contributed by atoms with E-state index in [-0.39, 0.29) is 5.82 Å². The van der Waals surface area contributed by atoms with E-state index in [0.717, 1.165) is 28.6 Å². The lowest BCUT2D eigenvalue weighted by atomic mass is 10.0. The first kappa shape index (κ1) is 7.92. The van der Waals surface area contributed by atoms with Crippen LogP contribution in [0.25, 0.3) is 0 Å². The van der Waals surface area contributed by atoms with Crippen LogP contribution in [0.2, 0.25) is 0 Å². The van der Waals surface area contributed by atoms with Crippen molar-refractivity contribution in [3.05, 3.63) is 33.5 Å². The van der Waals surface area contributed by atoms with Gasteiger partial charge in [-0.25, -0.2) is 4.39 Å². The molecule has 0 aromatic heterocycles. The molecule has 3 heteroatoms. The van der Waals surface area contributed by atoms with E-state index in [1.54, 1.807) is 12.3 Å². The number of aliphatic imine (C=N–C) groups is 1. The zero-order valence-corrected chi connectivity index (χ0v) is 7.94. The zero-order chi connectivity index (χ0) is 8.55. The Balaban J connectivity index is 2.62. The van der Waals surface area contributed by atoms with Gasteiger partial charge in [0.05, 0.1) is 0 Å². The molecule has 2 rings (SSSR count). The number of hydrogen-bond donors (Lipinski definition) is 0. The fraction of sp³-hybridized carbons (Fsp3) is 0.222. The number of nitrogens with zero attached hydrogens (tertiary/aromatic N) is 1. The topological polar surface area (TPSA) is 12.4 Å². The largest absolute Gasteiger partial charge is 0.292 e. The lowest BCUT2D eigenvalue weighted by Crippen LogP contribution is -2.04. The van der Waals surface area contributed by atoms with E-state index < -0.39 is 0 Å². The van der Waals surface area contributed by atoms with Crippen molar-refractivity contribution in [3.63, 3.8) is 0 Å². The summed E-state index contributed by atoms with van der Waals surface area (Å²) < 4.78 is 13.7. The van der Waals surface area contributed by atoms with Crippen LogP contribution >= 0.6 is 15.9 Å². The highest BCUT2D eigenvalue weighted by Gasteiger charge is 2.09. The lowest BCUT2D eigenvalue weighted by molar-refractivity contribution is 0.624. The van der Waals surface area contributed by atoms with Crippen molar-refractivity contribution in [1.29, 1.82) is 0 Å². The van der Waals surface area contributed by atoms with Crippen LogP contribution in [-0.2, 0) is 6.42 Å². The second-order valence-corrected chi connectivity index (χ2v) is 3.60. The molecule has 0 radical (unpaired) electrons. The molecule has 0 aliphatic carbocycles. The Kier molecular flexibility index (Phi) is 1.97. The van der Waals surface area contributed by atoms with Gasteiger partial charge < -0.3 is 0 Å². The van der Waals surface area contributed by atoms with Crippen LogP contribution in [-0.4, -0.2) is 12.8 Å². The molecule has 1 nitrogen and oxygen atoms in total. The van der Waals surface area contributed by atoms with Crippen molar-refractivity contribution in [2.24, 2.45) is 4.99 Å². The molecule has 0 bridgehead atoms. The summed E-state index contributed by atoms with van der Waals surface area (Å²) in [5, 5.41) is 0. The van der Waals surface area contributed by atoms with E-state index in [1.807, 2.05) is 0 Å². The van der Waals surface area contributed by atoms with Crippen molar-refractivity contribution in [2.75, 3.05) is 6.54 Å². The molecule has 62 valence electrons. The predicted octanol–water partition coefficient (Wildman–Crippen LogP) is 2.56. The van der Waals surface area contributed by atoms with Crippen LogP contribution in [0.4, 0.5) is 4.39 Å². The van der Waals surface area contributed by atoms with E-state index in [2.05, 4.69) is 20.9 Å². The van der Waals surface area contributed by atoms with Crippen LogP contribution in [0.5, 0.6) is 0 Å². The average molecular weight is 228 g/mol. The maximum absolute atomic E-state index is 12.9. The van der Waals surface area contributed by atoms with E-state index in [1.165, 1.54) is 6.07 Å².